The molecule has 0 spiro atoms. The molecular formula is C26H23N3O3. The molecule has 160 valence electrons. The molecule has 32 heavy (non-hydrogen) atoms. The van der Waals surface area contributed by atoms with Crippen LogP contribution in [0.3, 0.4) is 0 Å². The van der Waals surface area contributed by atoms with E-state index in [0.29, 0.717) is 17.8 Å². The number of hydrogen-bond donors (Lipinski definition) is 0. The highest BCUT2D eigenvalue weighted by atomic mass is 16.5. The topological polar surface area (TPSA) is 70.2 Å². The fourth-order valence-electron chi connectivity index (χ4n) is 3.69. The third-order valence-corrected chi connectivity index (χ3v) is 5.47. The summed E-state index contributed by atoms with van der Waals surface area (Å²) in [5.41, 5.74) is 4.78. The molecule has 0 atom stereocenters. The molecule has 0 aliphatic heterocycles. The van der Waals surface area contributed by atoms with Crippen molar-refractivity contribution in [3.8, 4) is 22.6 Å². The zero-order valence-corrected chi connectivity index (χ0v) is 18.0. The second-order valence-electron chi connectivity index (χ2n) is 7.83. The molecule has 2 heterocycles. The normalized spacial score (nSPS) is 11.3. The van der Waals surface area contributed by atoms with Gasteiger partial charge in [-0.25, -0.2) is 4.79 Å². The predicted molar refractivity (Wildman–Crippen MR) is 125 cm³/mol. The second-order valence-corrected chi connectivity index (χ2v) is 7.83. The van der Waals surface area contributed by atoms with Gasteiger partial charge >= 0.3 is 5.63 Å². The van der Waals surface area contributed by atoms with E-state index >= 15 is 0 Å². The number of ether oxygens (including phenoxy) is 1. The first-order valence-corrected chi connectivity index (χ1v) is 10.8. The van der Waals surface area contributed by atoms with Gasteiger partial charge in [0.1, 0.15) is 22.4 Å². The van der Waals surface area contributed by atoms with E-state index in [0.717, 1.165) is 51.8 Å². The zero-order chi connectivity index (χ0) is 22.1. The van der Waals surface area contributed by atoms with Crippen molar-refractivity contribution < 1.29 is 9.15 Å². The van der Waals surface area contributed by atoms with Crippen LogP contribution in [-0.2, 0) is 0 Å². The summed E-state index contributed by atoms with van der Waals surface area (Å²) in [7, 11) is 0. The zero-order valence-electron chi connectivity index (χ0n) is 18.0. The number of benzene rings is 3. The Morgan fingerprint density at radius 2 is 1.75 bits per heavy atom. The summed E-state index contributed by atoms with van der Waals surface area (Å²) in [6.45, 7) is 4.83. The molecule has 0 radical (unpaired) electrons. The lowest BCUT2D eigenvalue weighted by Gasteiger charge is -2.07. The number of unbranched alkanes of at least 4 members (excludes halogenated alkanes) is 1. The van der Waals surface area contributed by atoms with Crippen molar-refractivity contribution in [2.24, 2.45) is 0 Å². The number of aromatic nitrogens is 3. The van der Waals surface area contributed by atoms with Crippen LogP contribution in [0.15, 0.2) is 75.9 Å². The quantitative estimate of drug-likeness (QED) is 0.258. The molecule has 0 fully saturated rings. The Bertz CT molecular complexity index is 1470. The molecule has 5 aromatic rings. The Balaban J connectivity index is 1.52. The fourth-order valence-corrected chi connectivity index (χ4v) is 3.69. The van der Waals surface area contributed by atoms with Crippen LogP contribution in [0.5, 0.6) is 5.75 Å². The average Bonchev–Trinajstić information content (AvgIpc) is 3.22. The Kier molecular flexibility index (Phi) is 5.19. The first kappa shape index (κ1) is 20.0. The van der Waals surface area contributed by atoms with Crippen molar-refractivity contribution in [1.82, 2.24) is 15.0 Å². The van der Waals surface area contributed by atoms with Crippen molar-refractivity contribution in [3.05, 3.63) is 82.7 Å². The lowest BCUT2D eigenvalue weighted by molar-refractivity contribution is 0.308. The van der Waals surface area contributed by atoms with Crippen molar-refractivity contribution in [1.29, 1.82) is 0 Å². The highest BCUT2D eigenvalue weighted by Gasteiger charge is 2.12. The molecule has 0 bridgehead atoms. The van der Waals surface area contributed by atoms with E-state index in [2.05, 4.69) is 17.1 Å². The number of nitrogens with zero attached hydrogens (tertiary/aromatic N) is 3. The van der Waals surface area contributed by atoms with Crippen LogP contribution < -0.4 is 10.4 Å². The van der Waals surface area contributed by atoms with Gasteiger partial charge in [0.15, 0.2) is 0 Å². The van der Waals surface area contributed by atoms with Crippen LogP contribution >= 0.6 is 0 Å². The smallest absolute Gasteiger partial charge is 0.344 e. The van der Waals surface area contributed by atoms with Crippen LogP contribution in [0.1, 0.15) is 25.3 Å². The largest absolute Gasteiger partial charge is 0.493 e. The van der Waals surface area contributed by atoms with Gasteiger partial charge in [0.2, 0.25) is 0 Å². The van der Waals surface area contributed by atoms with Gasteiger partial charge in [-0.1, -0.05) is 43.7 Å². The van der Waals surface area contributed by atoms with Crippen LogP contribution in [0, 0.1) is 6.92 Å². The minimum absolute atomic E-state index is 0.371. The summed E-state index contributed by atoms with van der Waals surface area (Å²) in [6, 6.07) is 20.9. The van der Waals surface area contributed by atoms with E-state index in [1.165, 1.54) is 0 Å². The maximum Gasteiger partial charge on any atom is 0.344 e. The Labute approximate surface area is 185 Å². The lowest BCUT2D eigenvalue weighted by atomic mass is 10.1. The third kappa shape index (κ3) is 3.75. The van der Waals surface area contributed by atoms with Gasteiger partial charge in [0, 0.05) is 17.5 Å². The van der Waals surface area contributed by atoms with Gasteiger partial charge in [-0.2, -0.15) is 4.80 Å². The number of rotatable bonds is 6. The van der Waals surface area contributed by atoms with Crippen molar-refractivity contribution >= 4 is 22.0 Å². The molecule has 6 nitrogen and oxygen atoms in total. The van der Waals surface area contributed by atoms with E-state index in [1.54, 1.807) is 10.9 Å². The number of fused-ring (bicyclic) bond motifs is 2. The minimum Gasteiger partial charge on any atom is -0.493 e. The fraction of sp³-hybridized carbons (Fsp3) is 0.192. The van der Waals surface area contributed by atoms with Gasteiger partial charge < -0.3 is 9.15 Å². The minimum atomic E-state index is -0.371. The summed E-state index contributed by atoms with van der Waals surface area (Å²) < 4.78 is 11.5. The maximum absolute atomic E-state index is 12.6. The van der Waals surface area contributed by atoms with Gasteiger partial charge in [-0.3, -0.25) is 0 Å². The molecule has 0 saturated heterocycles. The molecule has 5 rings (SSSR count). The van der Waals surface area contributed by atoms with E-state index in [1.807, 2.05) is 67.6 Å². The molecule has 0 aliphatic carbocycles. The molecule has 0 saturated carbocycles. The SMILES string of the molecule is CCCCOc1cc2nn(-c3ccc4cc(-c5ccccc5)c(=O)oc4c3)nc2cc1C. The average molecular weight is 425 g/mol. The first-order valence-electron chi connectivity index (χ1n) is 10.8. The van der Waals surface area contributed by atoms with Gasteiger partial charge in [-0.15, -0.1) is 10.2 Å². The van der Waals surface area contributed by atoms with Crippen molar-refractivity contribution in [3.63, 3.8) is 0 Å². The molecular weight excluding hydrogens is 402 g/mol. The number of hydrogen-bond acceptors (Lipinski definition) is 5. The molecule has 2 aromatic heterocycles. The summed E-state index contributed by atoms with van der Waals surface area (Å²) in [5, 5.41) is 10.1. The Morgan fingerprint density at radius 3 is 2.53 bits per heavy atom. The molecule has 0 unspecified atom stereocenters. The van der Waals surface area contributed by atoms with E-state index < -0.39 is 0 Å². The predicted octanol–water partition coefficient (Wildman–Crippen LogP) is 5.68. The van der Waals surface area contributed by atoms with E-state index in [4.69, 9.17) is 9.15 Å². The highest BCUT2D eigenvalue weighted by Crippen LogP contribution is 2.26. The summed E-state index contributed by atoms with van der Waals surface area (Å²) in [6.07, 6.45) is 2.10. The molecule has 3 aromatic carbocycles. The second kappa shape index (κ2) is 8.30. The lowest BCUT2D eigenvalue weighted by Crippen LogP contribution is -2.03. The molecule has 0 N–H and O–H groups in total. The first-order chi connectivity index (χ1) is 15.6. The maximum atomic E-state index is 12.6. The van der Waals surface area contributed by atoms with Gasteiger partial charge in [-0.05, 0) is 48.7 Å². The van der Waals surface area contributed by atoms with Crippen LogP contribution in [0.4, 0.5) is 0 Å². The molecule has 6 heteroatoms. The Hall–Kier alpha value is -3.93. The summed E-state index contributed by atoms with van der Waals surface area (Å²) in [4.78, 5) is 14.1. The van der Waals surface area contributed by atoms with Gasteiger partial charge in [0.05, 0.1) is 17.9 Å². The van der Waals surface area contributed by atoms with Crippen LogP contribution in [-0.4, -0.2) is 21.6 Å². The van der Waals surface area contributed by atoms with E-state index in [9.17, 15) is 4.79 Å². The van der Waals surface area contributed by atoms with Gasteiger partial charge in [0.25, 0.3) is 0 Å². The molecule has 0 amide bonds. The monoisotopic (exact) mass is 425 g/mol. The van der Waals surface area contributed by atoms with Crippen molar-refractivity contribution in [2.45, 2.75) is 26.7 Å². The standard InChI is InChI=1S/C26H23N3O3/c1-3-4-12-31-24-16-23-22(13-17(24)2)27-29(28-23)20-11-10-19-14-21(18-8-6-5-7-9-18)26(30)32-25(19)15-20/h5-11,13-16H,3-4,12H2,1-2H3. The highest BCUT2D eigenvalue weighted by molar-refractivity contribution is 5.83. The van der Waals surface area contributed by atoms with Crippen LogP contribution in [0.2, 0.25) is 0 Å². The van der Waals surface area contributed by atoms with Crippen LogP contribution in [0.25, 0.3) is 38.8 Å². The number of aryl methyl sites for hydroxylation is 1. The summed E-state index contributed by atoms with van der Waals surface area (Å²) >= 11 is 0. The Morgan fingerprint density at radius 1 is 0.969 bits per heavy atom. The summed E-state index contributed by atoms with van der Waals surface area (Å²) in [5.74, 6) is 0.830. The van der Waals surface area contributed by atoms with Crippen molar-refractivity contribution in [2.75, 3.05) is 6.61 Å². The molecule has 0 aliphatic rings. The third-order valence-electron chi connectivity index (χ3n) is 5.47. The van der Waals surface area contributed by atoms with E-state index in [-0.39, 0.29) is 5.63 Å².